The Labute approximate surface area is 74.8 Å². The Bertz CT molecular complexity index is 326. The molecule has 6 nitrogen and oxygen atoms in total. The number of hydrogen-bond acceptors (Lipinski definition) is 5. The van der Waals surface area contributed by atoms with Crippen molar-refractivity contribution in [3.63, 3.8) is 0 Å². The van der Waals surface area contributed by atoms with E-state index in [-0.39, 0.29) is 11.5 Å². The van der Waals surface area contributed by atoms with Crippen molar-refractivity contribution < 1.29 is 9.90 Å². The number of aromatic nitrogens is 2. The Hall–Kier alpha value is -1.69. The van der Waals surface area contributed by atoms with Crippen LogP contribution in [0.15, 0.2) is 6.33 Å². The highest BCUT2D eigenvalue weighted by atomic mass is 16.4. The molecule has 1 aromatic heterocycles. The fourth-order valence-electron chi connectivity index (χ4n) is 0.961. The number of nitrogens with zero attached hydrogens (tertiary/aromatic N) is 2. The molecule has 1 aromatic rings. The number of carboxylic acid groups (broad SMARTS) is 1. The lowest BCUT2D eigenvalue weighted by Gasteiger charge is -2.05. The summed E-state index contributed by atoms with van der Waals surface area (Å²) < 4.78 is 0. The highest BCUT2D eigenvalue weighted by molar-refractivity contribution is 5.88. The number of carboxylic acids is 1. The number of nitrogen functional groups attached to an aromatic ring is 1. The Morgan fingerprint density at radius 3 is 2.92 bits per heavy atom. The lowest BCUT2D eigenvalue weighted by molar-refractivity contribution is 0.0689. The van der Waals surface area contributed by atoms with E-state index in [2.05, 4.69) is 15.3 Å². The van der Waals surface area contributed by atoms with Crippen LogP contribution in [0.5, 0.6) is 0 Å². The maximum Gasteiger partial charge on any atom is 0.355 e. The highest BCUT2D eigenvalue weighted by Crippen LogP contribution is 2.11. The van der Waals surface area contributed by atoms with E-state index in [0.29, 0.717) is 12.1 Å². The summed E-state index contributed by atoms with van der Waals surface area (Å²) in [5, 5.41) is 11.5. The molecule has 0 aliphatic carbocycles. The third-order valence-electron chi connectivity index (χ3n) is 1.53. The van der Waals surface area contributed by atoms with Crippen LogP contribution in [0.2, 0.25) is 0 Å². The minimum Gasteiger partial charge on any atom is -0.476 e. The molecule has 0 fully saturated rings. The minimum absolute atomic E-state index is 0.0538. The maximum atomic E-state index is 10.7. The topological polar surface area (TPSA) is 101 Å². The summed E-state index contributed by atoms with van der Waals surface area (Å²) in [6.45, 7) is 0.342. The Morgan fingerprint density at radius 1 is 1.69 bits per heavy atom. The molecule has 0 bridgehead atoms. The molecule has 0 atom stereocenters. The van der Waals surface area contributed by atoms with Gasteiger partial charge in [0, 0.05) is 12.1 Å². The largest absolute Gasteiger partial charge is 0.476 e. The summed E-state index contributed by atoms with van der Waals surface area (Å²) in [5.41, 5.74) is 5.85. The van der Waals surface area contributed by atoms with Crippen molar-refractivity contribution in [2.45, 2.75) is 6.54 Å². The molecule has 0 saturated heterocycles. The smallest absolute Gasteiger partial charge is 0.355 e. The van der Waals surface area contributed by atoms with Crippen LogP contribution in [0.1, 0.15) is 16.1 Å². The van der Waals surface area contributed by atoms with Gasteiger partial charge in [-0.15, -0.1) is 0 Å². The molecule has 0 spiro atoms. The fourth-order valence-corrected chi connectivity index (χ4v) is 0.961. The molecule has 0 aliphatic heterocycles. The normalized spacial score (nSPS) is 9.92. The average molecular weight is 182 g/mol. The minimum atomic E-state index is -1.10. The quantitative estimate of drug-likeness (QED) is 0.581. The maximum absolute atomic E-state index is 10.7. The SMILES string of the molecule is CNCc1c(N)ncnc1C(=O)O. The van der Waals surface area contributed by atoms with Gasteiger partial charge in [0.25, 0.3) is 0 Å². The predicted octanol–water partition coefficient (Wildman–Crippen LogP) is -0.524. The van der Waals surface area contributed by atoms with Gasteiger partial charge in [-0.25, -0.2) is 14.8 Å². The Balaban J connectivity index is 3.17. The van der Waals surface area contributed by atoms with Gasteiger partial charge in [0.1, 0.15) is 12.1 Å². The molecular formula is C7H10N4O2. The molecule has 0 radical (unpaired) electrons. The standard InChI is InChI=1S/C7H10N4O2/c1-9-2-4-5(7(12)13)10-3-11-6(4)8/h3,9H,2H2,1H3,(H,12,13)(H2,8,10,11). The average Bonchev–Trinajstić information content (AvgIpc) is 2.08. The van der Waals surface area contributed by atoms with Crippen LogP contribution in [0.25, 0.3) is 0 Å². The van der Waals surface area contributed by atoms with E-state index < -0.39 is 5.97 Å². The Morgan fingerprint density at radius 2 is 2.38 bits per heavy atom. The fraction of sp³-hybridized carbons (Fsp3) is 0.286. The molecule has 70 valence electrons. The lowest BCUT2D eigenvalue weighted by atomic mass is 10.2. The van der Waals surface area contributed by atoms with E-state index in [4.69, 9.17) is 10.8 Å². The van der Waals surface area contributed by atoms with Crippen LogP contribution in [0.3, 0.4) is 0 Å². The number of nitrogens with one attached hydrogen (secondary N) is 1. The van der Waals surface area contributed by atoms with Crippen molar-refractivity contribution in [2.24, 2.45) is 0 Å². The number of carbonyl (C=O) groups is 1. The van der Waals surface area contributed by atoms with Crippen LogP contribution >= 0.6 is 0 Å². The number of anilines is 1. The number of aromatic carboxylic acids is 1. The molecule has 0 aliphatic rings. The number of nitrogens with two attached hydrogens (primary N) is 1. The monoisotopic (exact) mass is 182 g/mol. The molecule has 0 unspecified atom stereocenters. The van der Waals surface area contributed by atoms with Crippen molar-refractivity contribution >= 4 is 11.8 Å². The van der Waals surface area contributed by atoms with E-state index in [0.717, 1.165) is 6.33 Å². The molecule has 0 aromatic carbocycles. The van der Waals surface area contributed by atoms with Crippen molar-refractivity contribution in [3.8, 4) is 0 Å². The van der Waals surface area contributed by atoms with Crippen LogP contribution in [-0.4, -0.2) is 28.1 Å². The van der Waals surface area contributed by atoms with Gasteiger partial charge in [0.05, 0.1) is 0 Å². The first kappa shape index (κ1) is 9.40. The van der Waals surface area contributed by atoms with Crippen molar-refractivity contribution in [2.75, 3.05) is 12.8 Å². The van der Waals surface area contributed by atoms with Crippen LogP contribution in [0, 0.1) is 0 Å². The van der Waals surface area contributed by atoms with Gasteiger partial charge in [0.2, 0.25) is 0 Å². The summed E-state index contributed by atoms with van der Waals surface area (Å²) in [4.78, 5) is 18.0. The van der Waals surface area contributed by atoms with Crippen LogP contribution in [-0.2, 0) is 6.54 Å². The highest BCUT2D eigenvalue weighted by Gasteiger charge is 2.13. The van der Waals surface area contributed by atoms with E-state index in [9.17, 15) is 4.79 Å². The van der Waals surface area contributed by atoms with E-state index in [1.54, 1.807) is 7.05 Å². The molecule has 0 amide bonds. The van der Waals surface area contributed by atoms with Gasteiger partial charge in [-0.05, 0) is 7.05 Å². The van der Waals surface area contributed by atoms with Crippen LogP contribution < -0.4 is 11.1 Å². The van der Waals surface area contributed by atoms with E-state index in [1.807, 2.05) is 0 Å². The zero-order valence-corrected chi connectivity index (χ0v) is 7.11. The summed E-state index contributed by atoms with van der Waals surface area (Å²) in [5.74, 6) is -0.902. The predicted molar refractivity (Wildman–Crippen MR) is 46.2 cm³/mol. The lowest BCUT2D eigenvalue weighted by Crippen LogP contribution is -2.15. The second kappa shape index (κ2) is 3.81. The zero-order valence-electron chi connectivity index (χ0n) is 7.11. The van der Waals surface area contributed by atoms with Gasteiger partial charge >= 0.3 is 5.97 Å². The third kappa shape index (κ3) is 1.91. The number of hydrogen-bond donors (Lipinski definition) is 3. The second-order valence-corrected chi connectivity index (χ2v) is 2.42. The molecule has 1 heterocycles. The van der Waals surface area contributed by atoms with Gasteiger partial charge in [-0.3, -0.25) is 0 Å². The molecule has 13 heavy (non-hydrogen) atoms. The van der Waals surface area contributed by atoms with Gasteiger partial charge in [0.15, 0.2) is 5.69 Å². The van der Waals surface area contributed by atoms with Crippen molar-refractivity contribution in [3.05, 3.63) is 17.6 Å². The van der Waals surface area contributed by atoms with Gasteiger partial charge in [-0.2, -0.15) is 0 Å². The summed E-state index contributed by atoms with van der Waals surface area (Å²) in [6, 6.07) is 0. The first-order valence-electron chi connectivity index (χ1n) is 3.64. The van der Waals surface area contributed by atoms with E-state index >= 15 is 0 Å². The van der Waals surface area contributed by atoms with Crippen LogP contribution in [0.4, 0.5) is 5.82 Å². The molecule has 1 rings (SSSR count). The summed E-state index contributed by atoms with van der Waals surface area (Å²) in [6.07, 6.45) is 1.14. The third-order valence-corrected chi connectivity index (χ3v) is 1.53. The van der Waals surface area contributed by atoms with Gasteiger partial charge in [-0.1, -0.05) is 0 Å². The van der Waals surface area contributed by atoms with E-state index in [1.165, 1.54) is 0 Å². The number of rotatable bonds is 3. The zero-order chi connectivity index (χ0) is 9.84. The molecule has 6 heteroatoms. The Kier molecular flexibility index (Phi) is 2.76. The summed E-state index contributed by atoms with van der Waals surface area (Å²) in [7, 11) is 1.69. The first-order chi connectivity index (χ1) is 6.16. The molecule has 4 N–H and O–H groups in total. The molecule has 0 saturated carbocycles. The first-order valence-corrected chi connectivity index (χ1v) is 3.64. The molecular weight excluding hydrogens is 172 g/mol. The summed E-state index contributed by atoms with van der Waals surface area (Å²) >= 11 is 0. The van der Waals surface area contributed by atoms with Crippen molar-refractivity contribution in [1.29, 1.82) is 0 Å². The van der Waals surface area contributed by atoms with Crippen molar-refractivity contribution in [1.82, 2.24) is 15.3 Å². The van der Waals surface area contributed by atoms with Gasteiger partial charge < -0.3 is 16.2 Å². The second-order valence-electron chi connectivity index (χ2n) is 2.42.